The summed E-state index contributed by atoms with van der Waals surface area (Å²) in [6.45, 7) is 2.59. The molecule has 0 aromatic heterocycles. The van der Waals surface area contributed by atoms with Crippen LogP contribution < -0.4 is 15.8 Å². The van der Waals surface area contributed by atoms with Crippen molar-refractivity contribution >= 4 is 5.91 Å². The number of amides is 1. The number of carbonyl (C=O) groups is 1. The van der Waals surface area contributed by atoms with Gasteiger partial charge in [-0.15, -0.1) is 0 Å². The minimum absolute atomic E-state index is 0.00224. The molecule has 0 unspecified atom stereocenters. The normalized spacial score (nSPS) is 19.2. The first-order valence-corrected chi connectivity index (χ1v) is 8.02. The number of nitrogens with two attached hydrogens (primary N) is 1. The van der Waals surface area contributed by atoms with Crippen molar-refractivity contribution in [3.8, 4) is 5.75 Å². The number of hydrogen-bond acceptors (Lipinski definition) is 3. The van der Waals surface area contributed by atoms with Crippen LogP contribution in [0.4, 0.5) is 0 Å². The Balaban J connectivity index is 1.58. The first-order valence-electron chi connectivity index (χ1n) is 8.02. The van der Waals surface area contributed by atoms with E-state index in [-0.39, 0.29) is 18.0 Å². The van der Waals surface area contributed by atoms with Crippen LogP contribution in [0.15, 0.2) is 48.5 Å². The molecule has 0 fully saturated rings. The lowest BCUT2D eigenvalue weighted by Crippen LogP contribution is -2.41. The van der Waals surface area contributed by atoms with E-state index in [4.69, 9.17) is 10.5 Å². The maximum atomic E-state index is 12.3. The molecule has 0 heterocycles. The second-order valence-electron chi connectivity index (χ2n) is 5.86. The molecule has 2 atom stereocenters. The highest BCUT2D eigenvalue weighted by Crippen LogP contribution is 2.29. The van der Waals surface area contributed by atoms with Gasteiger partial charge >= 0.3 is 0 Å². The summed E-state index contributed by atoms with van der Waals surface area (Å²) in [4.78, 5) is 12.3. The van der Waals surface area contributed by atoms with Crippen LogP contribution in [0.25, 0.3) is 0 Å². The highest BCUT2D eigenvalue weighted by molar-refractivity contribution is 5.79. The fourth-order valence-electron chi connectivity index (χ4n) is 3.08. The number of rotatable bonds is 5. The zero-order chi connectivity index (χ0) is 16.2. The van der Waals surface area contributed by atoms with Crippen LogP contribution in [0.1, 0.15) is 29.7 Å². The van der Waals surface area contributed by atoms with E-state index in [9.17, 15) is 4.79 Å². The van der Waals surface area contributed by atoms with Crippen LogP contribution in [0.2, 0.25) is 0 Å². The van der Waals surface area contributed by atoms with Gasteiger partial charge in [-0.05, 0) is 42.2 Å². The van der Waals surface area contributed by atoms with E-state index in [1.54, 1.807) is 0 Å². The van der Waals surface area contributed by atoms with E-state index < -0.39 is 0 Å². The molecule has 3 N–H and O–H groups in total. The van der Waals surface area contributed by atoms with Crippen LogP contribution in [0, 0.1) is 0 Å². The molecule has 1 aliphatic rings. The average molecular weight is 310 g/mol. The van der Waals surface area contributed by atoms with Gasteiger partial charge in [0.1, 0.15) is 5.75 Å². The second-order valence-corrected chi connectivity index (χ2v) is 5.86. The molecule has 0 aliphatic heterocycles. The summed E-state index contributed by atoms with van der Waals surface area (Å²) in [5.74, 6) is 0.826. The van der Waals surface area contributed by atoms with Gasteiger partial charge < -0.3 is 15.8 Å². The summed E-state index contributed by atoms with van der Waals surface area (Å²) < 4.78 is 5.41. The molecule has 1 aliphatic carbocycles. The molecule has 4 heteroatoms. The van der Waals surface area contributed by atoms with E-state index >= 15 is 0 Å². The van der Waals surface area contributed by atoms with E-state index in [1.807, 2.05) is 49.4 Å². The van der Waals surface area contributed by atoms with Gasteiger partial charge in [0.2, 0.25) is 5.91 Å². The minimum Gasteiger partial charge on any atom is -0.494 e. The smallest absolute Gasteiger partial charge is 0.224 e. The Morgan fingerprint density at radius 3 is 2.65 bits per heavy atom. The Hall–Kier alpha value is -2.33. The maximum absolute atomic E-state index is 12.3. The minimum atomic E-state index is -0.129. The monoisotopic (exact) mass is 310 g/mol. The van der Waals surface area contributed by atoms with Crippen LogP contribution >= 0.6 is 0 Å². The van der Waals surface area contributed by atoms with E-state index in [1.165, 1.54) is 5.56 Å². The van der Waals surface area contributed by atoms with Gasteiger partial charge in [0.25, 0.3) is 0 Å². The maximum Gasteiger partial charge on any atom is 0.224 e. The molecule has 2 aromatic carbocycles. The highest BCUT2D eigenvalue weighted by Gasteiger charge is 2.30. The topological polar surface area (TPSA) is 64.3 Å². The van der Waals surface area contributed by atoms with E-state index in [0.717, 1.165) is 23.3 Å². The van der Waals surface area contributed by atoms with Gasteiger partial charge in [0.15, 0.2) is 0 Å². The van der Waals surface area contributed by atoms with E-state index in [2.05, 4.69) is 11.4 Å². The fourth-order valence-corrected chi connectivity index (χ4v) is 3.08. The van der Waals surface area contributed by atoms with Crippen molar-refractivity contribution in [1.82, 2.24) is 5.32 Å². The SMILES string of the molecule is CCOc1ccc(CC(=O)N[C@@H]2Cc3ccccc3[C@H]2N)cc1. The molecule has 23 heavy (non-hydrogen) atoms. The van der Waals surface area contributed by atoms with Gasteiger partial charge in [-0.1, -0.05) is 36.4 Å². The Labute approximate surface area is 136 Å². The van der Waals surface area contributed by atoms with Crippen LogP contribution in [-0.2, 0) is 17.6 Å². The van der Waals surface area contributed by atoms with Gasteiger partial charge in [-0.25, -0.2) is 0 Å². The molecule has 0 saturated carbocycles. The molecule has 0 bridgehead atoms. The number of hydrogen-bond donors (Lipinski definition) is 2. The van der Waals surface area contributed by atoms with Crippen molar-refractivity contribution in [2.24, 2.45) is 5.73 Å². The summed E-state index contributed by atoms with van der Waals surface area (Å²) in [6.07, 6.45) is 1.15. The third kappa shape index (κ3) is 3.54. The fraction of sp³-hybridized carbons (Fsp3) is 0.316. The standard InChI is InChI=1S/C19H22N2O2/c1-2-23-15-9-7-13(8-10-15)11-18(22)21-17-12-14-5-3-4-6-16(14)19(17)20/h3-10,17,19H,2,11-12,20H2,1H3,(H,21,22)/t17-,19-/m1/s1. The Morgan fingerprint density at radius 1 is 1.22 bits per heavy atom. The zero-order valence-electron chi connectivity index (χ0n) is 13.3. The lowest BCUT2D eigenvalue weighted by molar-refractivity contribution is -0.121. The number of nitrogens with one attached hydrogen (secondary N) is 1. The predicted molar refractivity (Wildman–Crippen MR) is 90.3 cm³/mol. The molecular weight excluding hydrogens is 288 g/mol. The molecule has 1 amide bonds. The van der Waals surface area contributed by atoms with Gasteiger partial charge in [0, 0.05) is 0 Å². The highest BCUT2D eigenvalue weighted by atomic mass is 16.5. The van der Waals surface area contributed by atoms with Crippen molar-refractivity contribution in [3.05, 3.63) is 65.2 Å². The number of benzene rings is 2. The third-order valence-electron chi connectivity index (χ3n) is 4.23. The lowest BCUT2D eigenvalue weighted by Gasteiger charge is -2.18. The quantitative estimate of drug-likeness (QED) is 0.891. The van der Waals surface area contributed by atoms with E-state index in [0.29, 0.717) is 13.0 Å². The van der Waals surface area contributed by atoms with Crippen LogP contribution in [0.3, 0.4) is 0 Å². The number of carbonyl (C=O) groups excluding carboxylic acids is 1. The average Bonchev–Trinajstić information content (AvgIpc) is 2.86. The number of fused-ring (bicyclic) bond motifs is 1. The summed E-state index contributed by atoms with van der Waals surface area (Å²) >= 11 is 0. The van der Waals surface area contributed by atoms with Crippen molar-refractivity contribution in [2.45, 2.75) is 31.8 Å². The van der Waals surface area contributed by atoms with Crippen molar-refractivity contribution < 1.29 is 9.53 Å². The summed E-state index contributed by atoms with van der Waals surface area (Å²) in [7, 11) is 0. The molecule has 3 rings (SSSR count). The van der Waals surface area contributed by atoms with Crippen LogP contribution in [0.5, 0.6) is 5.75 Å². The molecule has 120 valence electrons. The Kier molecular flexibility index (Phi) is 4.63. The molecule has 4 nitrogen and oxygen atoms in total. The first kappa shape index (κ1) is 15.6. The molecule has 2 aromatic rings. The largest absolute Gasteiger partial charge is 0.494 e. The van der Waals surface area contributed by atoms with Crippen LogP contribution in [-0.4, -0.2) is 18.6 Å². The molecular formula is C19H22N2O2. The molecule has 0 radical (unpaired) electrons. The van der Waals surface area contributed by atoms with Crippen molar-refractivity contribution in [3.63, 3.8) is 0 Å². The summed E-state index contributed by atoms with van der Waals surface area (Å²) in [6, 6.07) is 15.6. The van der Waals surface area contributed by atoms with Gasteiger partial charge in [-0.2, -0.15) is 0 Å². The predicted octanol–water partition coefficient (Wildman–Crippen LogP) is 2.37. The van der Waals surface area contributed by atoms with Gasteiger partial charge in [0.05, 0.1) is 25.1 Å². The number of ether oxygens (including phenoxy) is 1. The molecule has 0 saturated heterocycles. The van der Waals surface area contributed by atoms with Crippen molar-refractivity contribution in [2.75, 3.05) is 6.61 Å². The van der Waals surface area contributed by atoms with Gasteiger partial charge in [-0.3, -0.25) is 4.79 Å². The summed E-state index contributed by atoms with van der Waals surface area (Å²) in [5.41, 5.74) is 9.59. The first-order chi connectivity index (χ1) is 11.2. The third-order valence-corrected chi connectivity index (χ3v) is 4.23. The van der Waals surface area contributed by atoms with Crippen molar-refractivity contribution in [1.29, 1.82) is 0 Å². The Bertz CT molecular complexity index is 682. The second kappa shape index (κ2) is 6.84. The zero-order valence-corrected chi connectivity index (χ0v) is 13.3. The molecule has 0 spiro atoms. The Morgan fingerprint density at radius 2 is 1.96 bits per heavy atom. The summed E-state index contributed by atoms with van der Waals surface area (Å²) in [5, 5.41) is 3.07. The lowest BCUT2D eigenvalue weighted by atomic mass is 10.1.